The van der Waals surface area contributed by atoms with E-state index in [-0.39, 0.29) is 0 Å². The van der Waals surface area contributed by atoms with Gasteiger partial charge in [-0.2, -0.15) is 0 Å². The maximum Gasteiger partial charge on any atom is 0.161 e. The molecule has 112 valence electrons. The van der Waals surface area contributed by atoms with Gasteiger partial charge < -0.3 is 10.2 Å². The van der Waals surface area contributed by atoms with Crippen molar-refractivity contribution in [2.75, 3.05) is 30.9 Å². The number of aryl methyl sites for hydroxylation is 1. The summed E-state index contributed by atoms with van der Waals surface area (Å²) in [5.74, 6) is 1.61. The lowest BCUT2D eigenvalue weighted by Gasteiger charge is -2.13. The third-order valence-corrected chi connectivity index (χ3v) is 4.15. The van der Waals surface area contributed by atoms with Crippen molar-refractivity contribution in [2.45, 2.75) is 20.3 Å². The van der Waals surface area contributed by atoms with Gasteiger partial charge in [0.1, 0.15) is 5.82 Å². The van der Waals surface area contributed by atoms with Crippen LogP contribution < -0.4 is 10.2 Å². The Morgan fingerprint density at radius 2 is 1.81 bits per heavy atom. The van der Waals surface area contributed by atoms with Gasteiger partial charge in [0.2, 0.25) is 0 Å². The molecule has 0 unspecified atom stereocenters. The monoisotopic (exact) mass is 348 g/mol. The fourth-order valence-corrected chi connectivity index (χ4v) is 2.28. The van der Waals surface area contributed by atoms with E-state index < -0.39 is 0 Å². The maximum absolute atomic E-state index is 4.63. The van der Waals surface area contributed by atoms with Crippen LogP contribution in [0.1, 0.15) is 19.0 Å². The van der Waals surface area contributed by atoms with Crippen LogP contribution in [-0.4, -0.2) is 30.6 Å². The maximum atomic E-state index is 4.63. The summed E-state index contributed by atoms with van der Waals surface area (Å²) >= 11 is 3.55. The van der Waals surface area contributed by atoms with Gasteiger partial charge in [0, 0.05) is 31.9 Å². The first-order valence-corrected chi connectivity index (χ1v) is 7.88. The molecule has 2 rings (SSSR count). The van der Waals surface area contributed by atoms with E-state index in [1.807, 2.05) is 21.0 Å². The van der Waals surface area contributed by atoms with E-state index in [1.54, 1.807) is 0 Å². The first kappa shape index (κ1) is 15.8. The molecule has 0 aliphatic rings. The second-order valence-corrected chi connectivity index (χ2v) is 5.96. The number of rotatable bonds is 5. The molecule has 1 heterocycles. The highest BCUT2D eigenvalue weighted by Gasteiger charge is 2.10. The summed E-state index contributed by atoms with van der Waals surface area (Å²) in [6.07, 6.45) is 1.06. The van der Waals surface area contributed by atoms with Crippen LogP contribution in [0, 0.1) is 6.92 Å². The predicted octanol–water partition coefficient (Wildman–Crippen LogP) is 4.10. The van der Waals surface area contributed by atoms with Crippen LogP contribution in [0.4, 0.5) is 11.5 Å². The Morgan fingerprint density at radius 3 is 2.38 bits per heavy atom. The van der Waals surface area contributed by atoms with Crippen LogP contribution in [-0.2, 0) is 0 Å². The van der Waals surface area contributed by atoms with E-state index in [2.05, 4.69) is 67.3 Å². The topological polar surface area (TPSA) is 41.1 Å². The van der Waals surface area contributed by atoms with E-state index in [4.69, 9.17) is 0 Å². The number of hydrogen-bond donors (Lipinski definition) is 1. The van der Waals surface area contributed by atoms with Crippen LogP contribution in [0.25, 0.3) is 11.4 Å². The quantitative estimate of drug-likeness (QED) is 0.882. The van der Waals surface area contributed by atoms with Crippen molar-refractivity contribution in [3.63, 3.8) is 0 Å². The normalized spacial score (nSPS) is 10.5. The third kappa shape index (κ3) is 3.73. The molecule has 1 N–H and O–H groups in total. The number of hydrogen-bond acceptors (Lipinski definition) is 4. The standard InChI is InChI=1S/C16H21BrN4/c1-5-10-18-16-14(17)11(2)19-15(20-16)12-6-8-13(9-7-12)21(3)4/h6-9H,5,10H2,1-4H3,(H,18,19,20). The van der Waals surface area contributed by atoms with Crippen LogP contribution in [0.5, 0.6) is 0 Å². The molecular weight excluding hydrogens is 328 g/mol. The molecule has 0 fully saturated rings. The van der Waals surface area contributed by atoms with Crippen molar-refractivity contribution in [3.05, 3.63) is 34.4 Å². The van der Waals surface area contributed by atoms with E-state index in [0.717, 1.165) is 46.0 Å². The molecule has 0 saturated heterocycles. The van der Waals surface area contributed by atoms with Gasteiger partial charge in [-0.05, 0) is 53.5 Å². The van der Waals surface area contributed by atoms with Crippen molar-refractivity contribution >= 4 is 27.4 Å². The van der Waals surface area contributed by atoms with E-state index in [9.17, 15) is 0 Å². The Kier molecular flexibility index (Phi) is 5.17. The van der Waals surface area contributed by atoms with Crippen molar-refractivity contribution in [1.29, 1.82) is 0 Å². The Labute approximate surface area is 134 Å². The zero-order chi connectivity index (χ0) is 15.4. The lowest BCUT2D eigenvalue weighted by atomic mass is 10.2. The summed E-state index contributed by atoms with van der Waals surface area (Å²) in [6, 6.07) is 8.27. The first-order valence-electron chi connectivity index (χ1n) is 7.08. The summed E-state index contributed by atoms with van der Waals surface area (Å²) in [7, 11) is 4.06. The van der Waals surface area contributed by atoms with Crippen molar-refractivity contribution in [1.82, 2.24) is 9.97 Å². The minimum atomic E-state index is 0.750. The summed E-state index contributed by atoms with van der Waals surface area (Å²) in [5.41, 5.74) is 3.13. The van der Waals surface area contributed by atoms with Crippen molar-refractivity contribution < 1.29 is 0 Å². The Hall–Kier alpha value is -1.62. The summed E-state index contributed by atoms with van der Waals surface area (Å²) in [5, 5.41) is 3.34. The SMILES string of the molecule is CCCNc1nc(-c2ccc(N(C)C)cc2)nc(C)c1Br. The van der Waals surface area contributed by atoms with Gasteiger partial charge in [0.15, 0.2) is 5.82 Å². The number of anilines is 2. The second-order valence-electron chi connectivity index (χ2n) is 5.16. The first-order chi connectivity index (χ1) is 10.0. The number of nitrogens with one attached hydrogen (secondary N) is 1. The van der Waals surface area contributed by atoms with Crippen molar-refractivity contribution in [3.8, 4) is 11.4 Å². The molecule has 0 aliphatic carbocycles. The van der Waals surface area contributed by atoms with Gasteiger partial charge in [-0.1, -0.05) is 6.92 Å². The fourth-order valence-electron chi connectivity index (χ4n) is 1.96. The lowest BCUT2D eigenvalue weighted by molar-refractivity contribution is 0.958. The highest BCUT2D eigenvalue weighted by molar-refractivity contribution is 9.10. The largest absolute Gasteiger partial charge is 0.378 e. The van der Waals surface area contributed by atoms with Gasteiger partial charge in [-0.3, -0.25) is 0 Å². The minimum Gasteiger partial charge on any atom is -0.378 e. The van der Waals surface area contributed by atoms with Gasteiger partial charge in [0.25, 0.3) is 0 Å². The smallest absolute Gasteiger partial charge is 0.161 e. The Morgan fingerprint density at radius 1 is 1.14 bits per heavy atom. The van der Waals surface area contributed by atoms with Gasteiger partial charge in [-0.25, -0.2) is 9.97 Å². The number of aromatic nitrogens is 2. The van der Waals surface area contributed by atoms with E-state index in [1.165, 1.54) is 0 Å². The van der Waals surface area contributed by atoms with Gasteiger partial charge >= 0.3 is 0 Å². The van der Waals surface area contributed by atoms with Crippen LogP contribution >= 0.6 is 15.9 Å². The molecule has 5 heteroatoms. The van der Waals surface area contributed by atoms with Gasteiger partial charge in [-0.15, -0.1) is 0 Å². The third-order valence-electron chi connectivity index (χ3n) is 3.20. The van der Waals surface area contributed by atoms with Gasteiger partial charge in [0.05, 0.1) is 10.2 Å². The molecular formula is C16H21BrN4. The molecule has 1 aromatic carbocycles. The van der Waals surface area contributed by atoms with E-state index in [0.29, 0.717) is 0 Å². The highest BCUT2D eigenvalue weighted by atomic mass is 79.9. The summed E-state index contributed by atoms with van der Waals surface area (Å²) < 4.78 is 0.935. The predicted molar refractivity (Wildman–Crippen MR) is 93.0 cm³/mol. The van der Waals surface area contributed by atoms with Crippen molar-refractivity contribution in [2.24, 2.45) is 0 Å². The zero-order valence-electron chi connectivity index (χ0n) is 12.9. The molecule has 0 saturated carbocycles. The molecule has 21 heavy (non-hydrogen) atoms. The summed E-state index contributed by atoms with van der Waals surface area (Å²) in [4.78, 5) is 11.3. The van der Waals surface area contributed by atoms with Crippen LogP contribution in [0.3, 0.4) is 0 Å². The molecule has 1 aromatic heterocycles. The van der Waals surface area contributed by atoms with Crippen LogP contribution in [0.15, 0.2) is 28.7 Å². The average molecular weight is 349 g/mol. The average Bonchev–Trinajstić information content (AvgIpc) is 2.48. The van der Waals surface area contributed by atoms with Crippen LogP contribution in [0.2, 0.25) is 0 Å². The molecule has 4 nitrogen and oxygen atoms in total. The zero-order valence-corrected chi connectivity index (χ0v) is 14.5. The number of halogens is 1. The molecule has 2 aromatic rings. The molecule has 0 amide bonds. The molecule has 0 spiro atoms. The number of benzene rings is 1. The second kappa shape index (κ2) is 6.89. The lowest BCUT2D eigenvalue weighted by Crippen LogP contribution is -2.08. The Bertz CT molecular complexity index is 608. The molecule has 0 atom stereocenters. The molecule has 0 aliphatic heterocycles. The fraction of sp³-hybridized carbons (Fsp3) is 0.375. The highest BCUT2D eigenvalue weighted by Crippen LogP contribution is 2.27. The summed E-state index contributed by atoms with van der Waals surface area (Å²) in [6.45, 7) is 5.02. The molecule has 0 bridgehead atoms. The minimum absolute atomic E-state index is 0.750. The Balaban J connectivity index is 2.36. The van der Waals surface area contributed by atoms with E-state index >= 15 is 0 Å². The number of nitrogens with zero attached hydrogens (tertiary/aromatic N) is 3. The molecule has 0 radical (unpaired) electrons.